The minimum atomic E-state index is -0.301. The quantitative estimate of drug-likeness (QED) is 0.682. The Morgan fingerprint density at radius 2 is 1.86 bits per heavy atom. The van der Waals surface area contributed by atoms with Gasteiger partial charge < -0.3 is 9.74 Å². The predicted molar refractivity (Wildman–Crippen MR) is 113 cm³/mol. The first-order chi connectivity index (χ1) is 13.7. The maximum Gasteiger partial charge on any atom is 0.223 e. The van der Waals surface area contributed by atoms with Crippen LogP contribution >= 0.6 is 0 Å². The Balaban J connectivity index is 1.71. The van der Waals surface area contributed by atoms with Gasteiger partial charge in [0.25, 0.3) is 0 Å². The van der Waals surface area contributed by atoms with Crippen LogP contribution < -0.4 is 0 Å². The summed E-state index contributed by atoms with van der Waals surface area (Å²) >= 11 is 0. The van der Waals surface area contributed by atoms with Gasteiger partial charge in [0.15, 0.2) is 6.10 Å². The van der Waals surface area contributed by atoms with Crippen molar-refractivity contribution in [1.82, 2.24) is 4.90 Å². The van der Waals surface area contributed by atoms with E-state index in [0.29, 0.717) is 24.9 Å². The molecule has 154 valence electrons. The third-order valence-corrected chi connectivity index (χ3v) is 4.90. The van der Waals surface area contributed by atoms with E-state index < -0.39 is 0 Å². The van der Waals surface area contributed by atoms with E-state index in [4.69, 9.17) is 4.84 Å². The van der Waals surface area contributed by atoms with E-state index in [1.807, 2.05) is 52.0 Å². The number of nitrogens with zero attached hydrogens (tertiary/aromatic N) is 2. The Labute approximate surface area is 172 Å². The van der Waals surface area contributed by atoms with E-state index in [9.17, 15) is 9.18 Å². The van der Waals surface area contributed by atoms with Crippen LogP contribution in [-0.4, -0.2) is 29.2 Å². The number of oxime groups is 1. The van der Waals surface area contributed by atoms with Crippen molar-refractivity contribution in [3.8, 4) is 0 Å². The van der Waals surface area contributed by atoms with E-state index in [1.54, 1.807) is 23.1 Å². The lowest BCUT2D eigenvalue weighted by Crippen LogP contribution is -2.39. The number of benzene rings is 2. The molecule has 1 aliphatic heterocycles. The van der Waals surface area contributed by atoms with Gasteiger partial charge in [0.2, 0.25) is 5.91 Å². The van der Waals surface area contributed by atoms with Gasteiger partial charge >= 0.3 is 0 Å². The molecule has 3 rings (SSSR count). The number of amides is 1. The maximum atomic E-state index is 14.2. The van der Waals surface area contributed by atoms with Gasteiger partial charge in [-0.3, -0.25) is 4.79 Å². The van der Waals surface area contributed by atoms with Gasteiger partial charge in [-0.2, -0.15) is 0 Å². The number of aryl methyl sites for hydroxylation is 1. The lowest BCUT2D eigenvalue weighted by molar-refractivity contribution is -0.135. The highest BCUT2D eigenvalue weighted by Crippen LogP contribution is 2.24. The van der Waals surface area contributed by atoms with E-state index in [2.05, 4.69) is 5.16 Å². The van der Waals surface area contributed by atoms with Gasteiger partial charge in [-0.25, -0.2) is 4.39 Å². The van der Waals surface area contributed by atoms with Gasteiger partial charge in [0.1, 0.15) is 5.82 Å². The highest BCUT2D eigenvalue weighted by atomic mass is 19.1. The first kappa shape index (κ1) is 21.0. The Morgan fingerprint density at radius 1 is 1.17 bits per heavy atom. The normalized spacial score (nSPS) is 16.3. The third kappa shape index (κ3) is 5.89. The van der Waals surface area contributed by atoms with Gasteiger partial charge in [-0.1, -0.05) is 74.0 Å². The average Bonchev–Trinajstić information content (AvgIpc) is 3.10. The van der Waals surface area contributed by atoms with Crippen LogP contribution in [0, 0.1) is 18.2 Å². The largest absolute Gasteiger partial charge is 0.390 e. The Kier molecular flexibility index (Phi) is 6.36. The highest BCUT2D eigenvalue weighted by molar-refractivity contribution is 6.01. The van der Waals surface area contributed by atoms with Crippen LogP contribution in [0.5, 0.6) is 0 Å². The summed E-state index contributed by atoms with van der Waals surface area (Å²) < 4.78 is 14.2. The van der Waals surface area contributed by atoms with Crippen LogP contribution in [0.15, 0.2) is 53.7 Å². The summed E-state index contributed by atoms with van der Waals surface area (Å²) in [6.45, 7) is 8.72. The minimum Gasteiger partial charge on any atom is -0.390 e. The zero-order valence-corrected chi connectivity index (χ0v) is 17.6. The summed E-state index contributed by atoms with van der Waals surface area (Å²) in [7, 11) is 0. The maximum absolute atomic E-state index is 14.2. The molecule has 0 bridgehead atoms. The molecule has 29 heavy (non-hydrogen) atoms. The number of carbonyl (C=O) groups excluding carboxylic acids is 1. The van der Waals surface area contributed by atoms with Gasteiger partial charge in [-0.15, -0.1) is 0 Å². The molecular weight excluding hydrogens is 367 g/mol. The molecule has 0 spiro atoms. The predicted octanol–water partition coefficient (Wildman–Crippen LogP) is 5.09. The van der Waals surface area contributed by atoms with Crippen molar-refractivity contribution < 1.29 is 14.0 Å². The van der Waals surface area contributed by atoms with Crippen LogP contribution in [0.3, 0.4) is 0 Å². The molecule has 2 aromatic rings. The Morgan fingerprint density at radius 3 is 2.52 bits per heavy atom. The monoisotopic (exact) mass is 396 g/mol. The Bertz CT molecular complexity index is 884. The number of hydrogen-bond acceptors (Lipinski definition) is 3. The molecule has 1 atom stereocenters. The molecule has 0 aliphatic carbocycles. The molecule has 1 aliphatic rings. The van der Waals surface area contributed by atoms with Crippen LogP contribution in [0.25, 0.3) is 0 Å². The van der Waals surface area contributed by atoms with E-state index in [0.717, 1.165) is 11.3 Å². The molecule has 0 fully saturated rings. The van der Waals surface area contributed by atoms with Crippen LogP contribution in [-0.2, 0) is 16.2 Å². The standard InChI is InChI=1S/C24H29FN2O2/c1-17-9-11-18(12-10-17)22-13-20(29-26-22)16-27(23(28)14-24(2,3)4)15-19-7-5-6-8-21(19)25/h5-12,20H,13-16H2,1-4H3/t20-/m1/s1. The van der Waals surface area contributed by atoms with Crippen LogP contribution in [0.1, 0.15) is 50.3 Å². The average molecular weight is 397 g/mol. The molecular formula is C24H29FN2O2. The molecule has 5 heteroatoms. The summed E-state index contributed by atoms with van der Waals surface area (Å²) in [6.07, 6.45) is 0.779. The topological polar surface area (TPSA) is 41.9 Å². The molecule has 0 saturated carbocycles. The molecule has 0 aromatic heterocycles. The zero-order valence-electron chi connectivity index (χ0n) is 17.6. The van der Waals surface area contributed by atoms with E-state index >= 15 is 0 Å². The van der Waals surface area contributed by atoms with Crippen molar-refractivity contribution in [1.29, 1.82) is 0 Å². The van der Waals surface area contributed by atoms with Crippen molar-refractivity contribution in [3.63, 3.8) is 0 Å². The molecule has 0 radical (unpaired) electrons. The highest BCUT2D eigenvalue weighted by Gasteiger charge is 2.29. The Hall–Kier alpha value is -2.69. The second-order valence-electron chi connectivity index (χ2n) is 8.94. The van der Waals surface area contributed by atoms with Crippen LogP contribution in [0.2, 0.25) is 0 Å². The second kappa shape index (κ2) is 8.76. The molecule has 0 unspecified atom stereocenters. The summed E-state index contributed by atoms with van der Waals surface area (Å²) in [6, 6.07) is 14.7. The van der Waals surface area contributed by atoms with Gasteiger partial charge in [-0.05, 0) is 24.0 Å². The fourth-order valence-electron chi connectivity index (χ4n) is 3.34. The van der Waals surface area contributed by atoms with Crippen molar-refractivity contribution in [2.45, 2.75) is 53.2 Å². The first-order valence-electron chi connectivity index (χ1n) is 10.0. The lowest BCUT2D eigenvalue weighted by atomic mass is 9.91. The lowest BCUT2D eigenvalue weighted by Gasteiger charge is -2.28. The van der Waals surface area contributed by atoms with E-state index in [-0.39, 0.29) is 29.8 Å². The number of carbonyl (C=O) groups is 1. The summed E-state index contributed by atoms with van der Waals surface area (Å²) in [5.41, 5.74) is 3.45. The summed E-state index contributed by atoms with van der Waals surface area (Å²) in [5, 5.41) is 4.23. The SMILES string of the molecule is Cc1ccc(C2=NO[C@@H](CN(Cc3ccccc3F)C(=O)CC(C)(C)C)C2)cc1. The number of halogens is 1. The van der Waals surface area contributed by atoms with E-state index in [1.165, 1.54) is 11.6 Å². The third-order valence-electron chi connectivity index (χ3n) is 4.90. The fourth-order valence-corrected chi connectivity index (χ4v) is 3.34. The summed E-state index contributed by atoms with van der Waals surface area (Å²) in [5.74, 6) is -0.307. The zero-order chi connectivity index (χ0) is 21.0. The first-order valence-corrected chi connectivity index (χ1v) is 10.0. The fraction of sp³-hybridized carbons (Fsp3) is 0.417. The minimum absolute atomic E-state index is 0.00635. The summed E-state index contributed by atoms with van der Waals surface area (Å²) in [4.78, 5) is 20.3. The van der Waals surface area contributed by atoms with Gasteiger partial charge in [0, 0.05) is 24.9 Å². The molecule has 2 aromatic carbocycles. The number of hydrogen-bond donors (Lipinski definition) is 0. The molecule has 1 heterocycles. The molecule has 4 nitrogen and oxygen atoms in total. The van der Waals surface area contributed by atoms with Crippen molar-refractivity contribution in [2.24, 2.45) is 10.6 Å². The number of rotatable bonds is 6. The van der Waals surface area contributed by atoms with Crippen molar-refractivity contribution >= 4 is 11.6 Å². The molecule has 1 amide bonds. The second-order valence-corrected chi connectivity index (χ2v) is 8.94. The molecule has 0 N–H and O–H groups in total. The smallest absolute Gasteiger partial charge is 0.223 e. The van der Waals surface area contributed by atoms with Crippen molar-refractivity contribution in [3.05, 3.63) is 71.0 Å². The van der Waals surface area contributed by atoms with Crippen molar-refractivity contribution in [2.75, 3.05) is 6.54 Å². The van der Waals surface area contributed by atoms with Crippen LogP contribution in [0.4, 0.5) is 4.39 Å². The van der Waals surface area contributed by atoms with Gasteiger partial charge in [0.05, 0.1) is 12.3 Å². The molecule has 0 saturated heterocycles.